The van der Waals surface area contributed by atoms with Crippen molar-refractivity contribution in [1.29, 1.82) is 10.5 Å². The lowest BCUT2D eigenvalue weighted by Gasteiger charge is -2.12. The molecule has 2 aromatic carbocycles. The molecule has 0 fully saturated rings. The van der Waals surface area contributed by atoms with E-state index in [1.165, 1.54) is 6.08 Å². The van der Waals surface area contributed by atoms with Crippen LogP contribution in [0, 0.1) is 29.6 Å². The molecule has 0 atom stereocenters. The predicted octanol–water partition coefficient (Wildman–Crippen LogP) is 4.01. The van der Waals surface area contributed by atoms with Gasteiger partial charge in [0.1, 0.15) is 24.3 Å². The number of nitrogens with zero attached hydrogens (tertiary/aromatic N) is 2. The molecule has 0 unspecified atom stereocenters. The number of methoxy groups -OCH3 is 1. The van der Waals surface area contributed by atoms with Crippen molar-refractivity contribution >= 4 is 6.08 Å². The summed E-state index contributed by atoms with van der Waals surface area (Å²) in [5, 5.41) is 17.7. The molecule has 0 amide bonds. The molecule has 0 bridgehead atoms. The maximum atomic E-state index is 8.84. The van der Waals surface area contributed by atoms with Crippen LogP contribution in [0.5, 0.6) is 11.5 Å². The summed E-state index contributed by atoms with van der Waals surface area (Å²) >= 11 is 0. The molecule has 23 heavy (non-hydrogen) atoms. The van der Waals surface area contributed by atoms with E-state index < -0.39 is 0 Å². The molecule has 4 heteroatoms. The molecule has 4 nitrogen and oxygen atoms in total. The van der Waals surface area contributed by atoms with Crippen molar-refractivity contribution < 1.29 is 9.47 Å². The molecule has 0 aromatic heterocycles. The second-order valence-corrected chi connectivity index (χ2v) is 4.91. The van der Waals surface area contributed by atoms with Crippen molar-refractivity contribution in [3.8, 4) is 23.6 Å². The first kappa shape index (κ1) is 16.1. The predicted molar refractivity (Wildman–Crippen MR) is 87.7 cm³/mol. The highest BCUT2D eigenvalue weighted by Crippen LogP contribution is 2.30. The van der Waals surface area contributed by atoms with Crippen molar-refractivity contribution in [2.24, 2.45) is 0 Å². The van der Waals surface area contributed by atoms with E-state index in [4.69, 9.17) is 20.0 Å². The van der Waals surface area contributed by atoms with Crippen molar-refractivity contribution in [2.75, 3.05) is 7.11 Å². The van der Waals surface area contributed by atoms with Crippen molar-refractivity contribution in [3.63, 3.8) is 0 Å². The van der Waals surface area contributed by atoms with Gasteiger partial charge < -0.3 is 9.47 Å². The average molecular weight is 304 g/mol. The van der Waals surface area contributed by atoms with Gasteiger partial charge in [0.25, 0.3) is 0 Å². The molecule has 0 aliphatic heterocycles. The van der Waals surface area contributed by atoms with Gasteiger partial charge in [0.15, 0.2) is 11.5 Å². The maximum Gasteiger partial charge on any atom is 0.162 e. The zero-order chi connectivity index (χ0) is 16.7. The highest BCUT2D eigenvalue weighted by atomic mass is 16.5. The Bertz CT molecular complexity index is 795. The quantitative estimate of drug-likeness (QED) is 0.783. The van der Waals surface area contributed by atoms with Crippen LogP contribution in [0.15, 0.2) is 48.0 Å². The van der Waals surface area contributed by atoms with Gasteiger partial charge in [-0.2, -0.15) is 10.5 Å². The number of hydrogen-bond donors (Lipinski definition) is 0. The smallest absolute Gasteiger partial charge is 0.162 e. The molecule has 114 valence electrons. The summed E-state index contributed by atoms with van der Waals surface area (Å²) in [5.41, 5.74) is 2.99. The number of aryl methyl sites for hydroxylation is 1. The summed E-state index contributed by atoms with van der Waals surface area (Å²) in [6.07, 6.45) is 1.51. The van der Waals surface area contributed by atoms with Crippen LogP contribution in [0.25, 0.3) is 6.08 Å². The van der Waals surface area contributed by atoms with E-state index in [1.807, 2.05) is 43.3 Å². The summed E-state index contributed by atoms with van der Waals surface area (Å²) < 4.78 is 11.2. The third-order valence-electron chi connectivity index (χ3n) is 3.38. The monoisotopic (exact) mass is 304 g/mol. The van der Waals surface area contributed by atoms with Gasteiger partial charge in [-0.15, -0.1) is 0 Å². The number of hydrogen-bond acceptors (Lipinski definition) is 4. The minimum Gasteiger partial charge on any atom is -0.493 e. The van der Waals surface area contributed by atoms with Crippen LogP contribution in [0.2, 0.25) is 0 Å². The minimum atomic E-state index is 0.0417. The molecule has 0 aliphatic carbocycles. The van der Waals surface area contributed by atoms with E-state index >= 15 is 0 Å². The Morgan fingerprint density at radius 1 is 1.09 bits per heavy atom. The lowest BCUT2D eigenvalue weighted by atomic mass is 10.1. The van der Waals surface area contributed by atoms with Gasteiger partial charge in [0.2, 0.25) is 0 Å². The first-order valence-electron chi connectivity index (χ1n) is 7.05. The Balaban J connectivity index is 2.27. The van der Waals surface area contributed by atoms with Crippen LogP contribution in [0.4, 0.5) is 0 Å². The highest BCUT2D eigenvalue weighted by molar-refractivity contribution is 5.64. The lowest BCUT2D eigenvalue weighted by Crippen LogP contribution is -1.99. The van der Waals surface area contributed by atoms with Gasteiger partial charge in [0.05, 0.1) is 7.11 Å². The summed E-state index contributed by atoms with van der Waals surface area (Å²) in [6.45, 7) is 2.45. The normalized spacial score (nSPS) is 9.39. The second-order valence-electron chi connectivity index (χ2n) is 4.91. The maximum absolute atomic E-state index is 8.84. The van der Waals surface area contributed by atoms with Crippen LogP contribution in [0.3, 0.4) is 0 Å². The van der Waals surface area contributed by atoms with E-state index in [2.05, 4.69) is 0 Å². The third-order valence-corrected chi connectivity index (χ3v) is 3.38. The van der Waals surface area contributed by atoms with Gasteiger partial charge >= 0.3 is 0 Å². The van der Waals surface area contributed by atoms with E-state index in [9.17, 15) is 0 Å². The zero-order valence-electron chi connectivity index (χ0n) is 13.0. The van der Waals surface area contributed by atoms with Crippen molar-refractivity contribution in [1.82, 2.24) is 0 Å². The Kier molecular flexibility index (Phi) is 5.39. The number of benzene rings is 2. The van der Waals surface area contributed by atoms with Gasteiger partial charge in [-0.1, -0.05) is 30.3 Å². The Hall–Kier alpha value is -3.24. The number of nitriles is 2. The van der Waals surface area contributed by atoms with Gasteiger partial charge in [-0.3, -0.25) is 0 Å². The molecule has 0 spiro atoms. The van der Waals surface area contributed by atoms with Gasteiger partial charge in [-0.05, 0) is 41.8 Å². The molecular formula is C19H16N2O2. The van der Waals surface area contributed by atoms with Crippen LogP contribution < -0.4 is 9.47 Å². The molecule has 0 heterocycles. The average Bonchev–Trinajstić information content (AvgIpc) is 2.59. The van der Waals surface area contributed by atoms with Crippen molar-refractivity contribution in [3.05, 3.63) is 64.7 Å². The fraction of sp³-hybridized carbons (Fsp3) is 0.158. The second kappa shape index (κ2) is 7.68. The highest BCUT2D eigenvalue weighted by Gasteiger charge is 2.07. The Morgan fingerprint density at radius 3 is 2.48 bits per heavy atom. The zero-order valence-corrected chi connectivity index (χ0v) is 13.0. The largest absolute Gasteiger partial charge is 0.493 e. The molecule has 0 saturated heterocycles. The van der Waals surface area contributed by atoms with Crippen LogP contribution in [0.1, 0.15) is 16.7 Å². The number of rotatable bonds is 5. The number of allylic oxidation sites excluding steroid dienone is 1. The van der Waals surface area contributed by atoms with Gasteiger partial charge in [0, 0.05) is 0 Å². The Labute approximate surface area is 135 Å². The molecule has 2 rings (SSSR count). The SMILES string of the molecule is COc1ccc(C=C(C#N)C#N)cc1OCc1ccccc1C. The van der Waals surface area contributed by atoms with Crippen LogP contribution >= 0.6 is 0 Å². The summed E-state index contributed by atoms with van der Waals surface area (Å²) in [7, 11) is 1.57. The minimum absolute atomic E-state index is 0.0417. The topological polar surface area (TPSA) is 66.0 Å². The first-order valence-corrected chi connectivity index (χ1v) is 7.05. The summed E-state index contributed by atoms with van der Waals surface area (Å²) in [6, 6.07) is 17.0. The first-order chi connectivity index (χ1) is 11.2. The molecule has 0 aliphatic rings. The third kappa shape index (κ3) is 4.12. The van der Waals surface area contributed by atoms with Crippen LogP contribution in [-0.4, -0.2) is 7.11 Å². The molecule has 0 N–H and O–H groups in total. The van der Waals surface area contributed by atoms with E-state index in [-0.39, 0.29) is 5.57 Å². The van der Waals surface area contributed by atoms with E-state index in [0.717, 1.165) is 11.1 Å². The molecular weight excluding hydrogens is 288 g/mol. The van der Waals surface area contributed by atoms with Gasteiger partial charge in [-0.25, -0.2) is 0 Å². The summed E-state index contributed by atoms with van der Waals surface area (Å²) in [4.78, 5) is 0. The van der Waals surface area contributed by atoms with Crippen molar-refractivity contribution in [2.45, 2.75) is 13.5 Å². The molecule has 0 radical (unpaired) electrons. The lowest BCUT2D eigenvalue weighted by molar-refractivity contribution is 0.284. The molecule has 0 saturated carbocycles. The van der Waals surface area contributed by atoms with E-state index in [0.29, 0.717) is 23.7 Å². The van der Waals surface area contributed by atoms with Crippen LogP contribution in [-0.2, 0) is 6.61 Å². The standard InChI is InChI=1S/C19H16N2O2/c1-14-5-3-4-6-17(14)13-23-19-10-15(7-8-18(19)22-2)9-16(11-20)12-21/h3-10H,13H2,1-2H3. The van der Waals surface area contributed by atoms with E-state index in [1.54, 1.807) is 25.3 Å². The summed E-state index contributed by atoms with van der Waals surface area (Å²) in [5.74, 6) is 1.17. The fourth-order valence-electron chi connectivity index (χ4n) is 2.08. The fourth-order valence-corrected chi connectivity index (χ4v) is 2.08. The number of ether oxygens (including phenoxy) is 2. The Morgan fingerprint density at radius 2 is 1.83 bits per heavy atom. The molecule has 2 aromatic rings.